The number of esters is 1. The first-order chi connectivity index (χ1) is 19.3. The molecular weight excluding hydrogens is 649 g/mol. The van der Waals surface area contributed by atoms with E-state index in [4.69, 9.17) is 35.2 Å². The first-order valence-corrected chi connectivity index (χ1v) is 13.7. The lowest BCUT2D eigenvalue weighted by Gasteiger charge is -2.17. The molecule has 0 aliphatic carbocycles. The Bertz CT molecular complexity index is 1830. The number of rotatable bonds is 8. The van der Waals surface area contributed by atoms with Crippen molar-refractivity contribution < 1.29 is 23.4 Å². The molecule has 9 nitrogen and oxygen atoms in total. The van der Waals surface area contributed by atoms with Crippen LogP contribution in [0.2, 0.25) is 5.02 Å². The molecule has 0 amide bonds. The molecule has 1 atom stereocenters. The maximum Gasteiger partial charge on any atom is 0.347 e. The van der Waals surface area contributed by atoms with Gasteiger partial charge in [0.1, 0.15) is 5.58 Å². The van der Waals surface area contributed by atoms with Crippen molar-refractivity contribution in [2.24, 2.45) is 5.10 Å². The normalized spacial score (nSPS) is 12.2. The predicted octanol–water partition coefficient (Wildman–Crippen LogP) is 6.29. The van der Waals surface area contributed by atoms with E-state index in [1.165, 1.54) is 18.0 Å². The molecule has 0 saturated carbocycles. The van der Waals surface area contributed by atoms with Gasteiger partial charge < -0.3 is 18.6 Å². The summed E-state index contributed by atoms with van der Waals surface area (Å²) in [5.74, 6) is 0.905. The topological polar surface area (TPSA) is 105 Å². The Morgan fingerprint density at radius 2 is 2.00 bits per heavy atom. The van der Waals surface area contributed by atoms with Crippen LogP contribution in [0.1, 0.15) is 19.4 Å². The molecule has 2 aromatic heterocycles. The lowest BCUT2D eigenvalue weighted by molar-refractivity contribution is -0.150. The number of carbonyl (C=O) groups excluding carboxylic acids is 1. The summed E-state index contributed by atoms with van der Waals surface area (Å²) in [6.45, 7) is 3.59. The molecule has 0 fully saturated rings. The number of carbonyl (C=O) groups is 1. The average molecular weight is 672 g/mol. The first-order valence-electron chi connectivity index (χ1n) is 12.3. The van der Waals surface area contributed by atoms with Crippen LogP contribution in [0.3, 0.4) is 0 Å². The molecule has 5 rings (SSSR count). The summed E-state index contributed by atoms with van der Waals surface area (Å²) in [6.07, 6.45) is 0.690. The Labute approximate surface area is 247 Å². The van der Waals surface area contributed by atoms with Crippen LogP contribution in [-0.2, 0) is 9.53 Å². The summed E-state index contributed by atoms with van der Waals surface area (Å²) >= 11 is 8.24. The Balaban J connectivity index is 1.58. The van der Waals surface area contributed by atoms with E-state index < -0.39 is 12.1 Å². The van der Waals surface area contributed by atoms with Crippen molar-refractivity contribution in [2.75, 3.05) is 13.7 Å². The number of fused-ring (bicyclic) bond motifs is 2. The largest absolute Gasteiger partial charge is 0.493 e. The number of benzene rings is 3. The second-order valence-corrected chi connectivity index (χ2v) is 10.3. The van der Waals surface area contributed by atoms with Gasteiger partial charge in [0.05, 0.1) is 34.4 Å². The van der Waals surface area contributed by atoms with Crippen LogP contribution >= 0.6 is 34.2 Å². The molecule has 0 bridgehead atoms. The van der Waals surface area contributed by atoms with Crippen LogP contribution in [0, 0.1) is 3.57 Å². The second-order valence-electron chi connectivity index (χ2n) is 8.65. The molecule has 11 heteroatoms. The van der Waals surface area contributed by atoms with Gasteiger partial charge >= 0.3 is 5.97 Å². The third-order valence-corrected chi connectivity index (χ3v) is 6.98. The van der Waals surface area contributed by atoms with Crippen molar-refractivity contribution in [1.82, 2.24) is 9.66 Å². The number of methoxy groups -OCH3 is 1. The highest BCUT2D eigenvalue weighted by atomic mass is 127. The summed E-state index contributed by atoms with van der Waals surface area (Å²) in [7, 11) is 1.50. The summed E-state index contributed by atoms with van der Waals surface area (Å²) in [4.78, 5) is 30.3. The van der Waals surface area contributed by atoms with Gasteiger partial charge in [-0.05, 0) is 90.5 Å². The van der Waals surface area contributed by atoms with E-state index in [9.17, 15) is 9.59 Å². The molecule has 0 N–H and O–H groups in total. The van der Waals surface area contributed by atoms with Gasteiger partial charge in [-0.2, -0.15) is 9.78 Å². The van der Waals surface area contributed by atoms with E-state index in [0.717, 1.165) is 5.39 Å². The molecule has 5 aromatic rings. The minimum atomic E-state index is -0.828. The minimum Gasteiger partial charge on any atom is -0.493 e. The van der Waals surface area contributed by atoms with E-state index in [-0.39, 0.29) is 18.0 Å². The zero-order chi connectivity index (χ0) is 28.4. The van der Waals surface area contributed by atoms with Gasteiger partial charge in [-0.25, -0.2) is 9.78 Å². The highest BCUT2D eigenvalue weighted by molar-refractivity contribution is 14.1. The molecule has 0 spiro atoms. The fraction of sp³-hybridized carbons (Fsp3) is 0.172. The molecule has 2 heterocycles. The molecule has 0 saturated heterocycles. The van der Waals surface area contributed by atoms with Crippen molar-refractivity contribution >= 4 is 68.2 Å². The zero-order valence-electron chi connectivity index (χ0n) is 21.7. The second kappa shape index (κ2) is 11.7. The smallest absolute Gasteiger partial charge is 0.347 e. The van der Waals surface area contributed by atoms with Gasteiger partial charge in [-0.1, -0.05) is 23.7 Å². The van der Waals surface area contributed by atoms with Gasteiger partial charge in [0.2, 0.25) is 5.82 Å². The third kappa shape index (κ3) is 5.54. The Hall–Kier alpha value is -3.90. The monoisotopic (exact) mass is 671 g/mol. The third-order valence-electron chi connectivity index (χ3n) is 5.94. The maximum atomic E-state index is 13.6. The summed E-state index contributed by atoms with van der Waals surface area (Å²) in [5, 5.41) is 6.25. The fourth-order valence-electron chi connectivity index (χ4n) is 4.05. The van der Waals surface area contributed by atoms with Crippen LogP contribution < -0.4 is 15.0 Å². The van der Waals surface area contributed by atoms with Gasteiger partial charge in [-0.3, -0.25) is 4.79 Å². The lowest BCUT2D eigenvalue weighted by atomic mass is 10.2. The van der Waals surface area contributed by atoms with Crippen LogP contribution in [0.15, 0.2) is 75.0 Å². The number of hydrogen-bond donors (Lipinski definition) is 0. The number of aromatic nitrogens is 2. The molecule has 0 aliphatic heterocycles. The van der Waals surface area contributed by atoms with Gasteiger partial charge in [0.25, 0.3) is 5.56 Å². The SMILES string of the molecule is CCOC(=O)[C@@H](C)Oc1c(I)cc(C=Nn2c(-c3cc4cc(Cl)ccc4o3)nc3ccccc3c2=O)cc1OC. The highest BCUT2D eigenvalue weighted by Gasteiger charge is 2.21. The summed E-state index contributed by atoms with van der Waals surface area (Å²) in [5.41, 5.74) is 1.38. The zero-order valence-corrected chi connectivity index (χ0v) is 24.6. The number of halogens is 2. The number of ether oxygens (including phenoxy) is 3. The fourth-order valence-corrected chi connectivity index (χ4v) is 4.99. The van der Waals surface area contributed by atoms with Crippen LogP contribution in [0.4, 0.5) is 0 Å². The quantitative estimate of drug-likeness (QED) is 0.109. The maximum absolute atomic E-state index is 13.6. The number of hydrogen-bond acceptors (Lipinski definition) is 8. The number of nitrogens with zero attached hydrogens (tertiary/aromatic N) is 3. The summed E-state index contributed by atoms with van der Waals surface area (Å²) in [6, 6.07) is 17.6. The van der Waals surface area contributed by atoms with E-state index in [1.54, 1.807) is 68.4 Å². The van der Waals surface area contributed by atoms with Crippen LogP contribution in [0.5, 0.6) is 11.5 Å². The molecule has 40 heavy (non-hydrogen) atoms. The molecule has 0 radical (unpaired) electrons. The Kier molecular flexibility index (Phi) is 8.08. The highest BCUT2D eigenvalue weighted by Crippen LogP contribution is 2.35. The molecule has 204 valence electrons. The molecule has 0 unspecified atom stereocenters. The average Bonchev–Trinajstić information content (AvgIpc) is 3.36. The first kappa shape index (κ1) is 27.7. The van der Waals surface area contributed by atoms with Crippen molar-refractivity contribution in [1.29, 1.82) is 0 Å². The number of furan rings is 1. The Morgan fingerprint density at radius 1 is 1.20 bits per heavy atom. The van der Waals surface area contributed by atoms with Crippen molar-refractivity contribution in [2.45, 2.75) is 20.0 Å². The molecule has 3 aromatic carbocycles. The van der Waals surface area contributed by atoms with Gasteiger partial charge in [0, 0.05) is 10.4 Å². The standard InChI is InChI=1S/C29H23ClIN3O6/c1-4-38-29(36)16(2)39-26-21(31)11-17(12-24(26)37-3)15-32-34-27(33-22-8-6-5-7-20(22)28(34)35)25-14-18-13-19(30)9-10-23(18)40-25/h5-16H,4H2,1-3H3/t16-/m1/s1. The van der Waals surface area contributed by atoms with Crippen LogP contribution in [0.25, 0.3) is 33.5 Å². The van der Waals surface area contributed by atoms with Crippen molar-refractivity contribution in [3.8, 4) is 23.1 Å². The van der Waals surface area contributed by atoms with Crippen LogP contribution in [-0.4, -0.2) is 41.7 Å². The van der Waals surface area contributed by atoms with E-state index >= 15 is 0 Å². The van der Waals surface area contributed by atoms with Crippen molar-refractivity contribution in [3.63, 3.8) is 0 Å². The van der Waals surface area contributed by atoms with Gasteiger partial charge in [-0.15, -0.1) is 0 Å². The molecular formula is C29H23ClIN3O6. The van der Waals surface area contributed by atoms with E-state index in [0.29, 0.717) is 47.9 Å². The lowest BCUT2D eigenvalue weighted by Crippen LogP contribution is -2.26. The van der Waals surface area contributed by atoms with Gasteiger partial charge in [0.15, 0.2) is 23.4 Å². The molecule has 0 aliphatic rings. The summed E-state index contributed by atoms with van der Waals surface area (Å²) < 4.78 is 24.3. The van der Waals surface area contributed by atoms with Crippen molar-refractivity contribution in [3.05, 3.63) is 85.2 Å². The number of para-hydroxylation sites is 1. The minimum absolute atomic E-state index is 0.233. The van der Waals surface area contributed by atoms with E-state index in [1.807, 2.05) is 6.07 Å². The Morgan fingerprint density at radius 3 is 2.77 bits per heavy atom. The van der Waals surface area contributed by atoms with E-state index in [2.05, 4.69) is 27.7 Å². The predicted molar refractivity (Wildman–Crippen MR) is 162 cm³/mol.